The summed E-state index contributed by atoms with van der Waals surface area (Å²) in [5.74, 6) is -0.0413. The first-order valence-corrected chi connectivity index (χ1v) is 10.5. The number of fused-ring (bicyclic) bond motifs is 2. The molecule has 1 atom stereocenters. The molecule has 5 aromatic rings. The molecule has 1 amide bonds. The zero-order chi connectivity index (χ0) is 22.9. The molecule has 0 saturated heterocycles. The predicted octanol–water partition coefficient (Wildman–Crippen LogP) is 3.49. The van der Waals surface area contributed by atoms with Crippen molar-refractivity contribution < 1.29 is 9.18 Å². The molecule has 1 unspecified atom stereocenters. The second kappa shape index (κ2) is 8.34. The highest BCUT2D eigenvalue weighted by atomic mass is 19.1. The number of nitrogens with zero attached hydrogens (tertiary/aromatic N) is 4. The topological polar surface area (TPSA) is 100 Å². The summed E-state index contributed by atoms with van der Waals surface area (Å²) in [6.07, 6.45) is 6.78. The number of H-pyrrole nitrogens is 1. The van der Waals surface area contributed by atoms with Crippen molar-refractivity contribution in [2.75, 3.05) is 12.4 Å². The number of pyridine rings is 1. The number of carbonyl (C=O) groups excluding carboxylic acids is 1. The molecule has 0 bridgehead atoms. The number of aryl methyl sites for hydroxylation is 1. The van der Waals surface area contributed by atoms with Crippen LogP contribution in [0, 0.1) is 12.7 Å². The Balaban J connectivity index is 1.57. The van der Waals surface area contributed by atoms with Gasteiger partial charge in [-0.25, -0.2) is 9.37 Å². The molecular formula is C24H22FN7O. The third kappa shape index (κ3) is 3.89. The van der Waals surface area contributed by atoms with E-state index in [4.69, 9.17) is 0 Å². The van der Waals surface area contributed by atoms with E-state index in [1.807, 2.05) is 37.4 Å². The SMILES string of the molecule is CNC(=O)C(Cc1c[nH]c2ccccc12)Nc1cc(-c2cncc(F)c2)nc2c(C)cnn12. The van der Waals surface area contributed by atoms with E-state index in [2.05, 4.69) is 30.7 Å². The van der Waals surface area contributed by atoms with Crippen LogP contribution in [0.25, 0.3) is 27.8 Å². The molecule has 166 valence electrons. The van der Waals surface area contributed by atoms with Gasteiger partial charge in [0.25, 0.3) is 0 Å². The van der Waals surface area contributed by atoms with Gasteiger partial charge in [0, 0.05) is 54.0 Å². The maximum Gasteiger partial charge on any atom is 0.242 e. The summed E-state index contributed by atoms with van der Waals surface area (Å²) in [6.45, 7) is 1.90. The van der Waals surface area contributed by atoms with Gasteiger partial charge in [0.1, 0.15) is 17.7 Å². The molecule has 3 N–H and O–H groups in total. The van der Waals surface area contributed by atoms with Crippen LogP contribution in [0.1, 0.15) is 11.1 Å². The Bertz CT molecular complexity index is 1470. The molecule has 0 fully saturated rings. The van der Waals surface area contributed by atoms with Gasteiger partial charge in [-0.2, -0.15) is 9.61 Å². The van der Waals surface area contributed by atoms with Crippen LogP contribution in [-0.4, -0.2) is 43.6 Å². The van der Waals surface area contributed by atoms with Crippen LogP contribution in [0.3, 0.4) is 0 Å². The van der Waals surface area contributed by atoms with Gasteiger partial charge in [-0.3, -0.25) is 9.78 Å². The van der Waals surface area contributed by atoms with Crippen LogP contribution in [-0.2, 0) is 11.2 Å². The summed E-state index contributed by atoms with van der Waals surface area (Å²) < 4.78 is 15.5. The number of halogens is 1. The Morgan fingerprint density at radius 1 is 1.21 bits per heavy atom. The number of nitrogens with one attached hydrogen (secondary N) is 3. The van der Waals surface area contributed by atoms with E-state index in [1.165, 1.54) is 6.07 Å². The highest BCUT2D eigenvalue weighted by Crippen LogP contribution is 2.25. The lowest BCUT2D eigenvalue weighted by Crippen LogP contribution is -2.39. The van der Waals surface area contributed by atoms with Crippen molar-refractivity contribution in [1.29, 1.82) is 0 Å². The lowest BCUT2D eigenvalue weighted by atomic mass is 10.0. The second-order valence-corrected chi connectivity index (χ2v) is 7.86. The number of likely N-dealkylation sites (N-methyl/N-ethyl adjacent to an activating group) is 1. The standard InChI is InChI=1S/C24H22FN7O/c1-14-10-29-32-22(9-20(31-23(14)32)16-7-17(25)13-27-11-16)30-21(24(33)26-2)8-15-12-28-19-6-4-3-5-18(15)19/h3-7,9-13,21,28,30H,8H2,1-2H3,(H,26,33). The first-order valence-electron chi connectivity index (χ1n) is 10.5. The normalized spacial score (nSPS) is 12.2. The Labute approximate surface area is 188 Å². The van der Waals surface area contributed by atoms with E-state index in [0.717, 1.165) is 28.2 Å². The van der Waals surface area contributed by atoms with Crippen LogP contribution >= 0.6 is 0 Å². The van der Waals surface area contributed by atoms with Crippen LogP contribution in [0.5, 0.6) is 0 Å². The Morgan fingerprint density at radius 3 is 2.88 bits per heavy atom. The number of hydrogen-bond donors (Lipinski definition) is 3. The fourth-order valence-corrected chi connectivity index (χ4v) is 3.96. The van der Waals surface area contributed by atoms with Crippen molar-refractivity contribution in [3.8, 4) is 11.3 Å². The van der Waals surface area contributed by atoms with Gasteiger partial charge < -0.3 is 15.6 Å². The molecule has 0 spiro atoms. The number of aromatic amines is 1. The minimum Gasteiger partial charge on any atom is -0.361 e. The average molecular weight is 443 g/mol. The molecule has 5 rings (SSSR count). The number of benzene rings is 1. The third-order valence-corrected chi connectivity index (χ3v) is 5.63. The van der Waals surface area contributed by atoms with Crippen molar-refractivity contribution in [2.45, 2.75) is 19.4 Å². The molecule has 0 aliphatic rings. The molecule has 0 saturated carbocycles. The summed E-state index contributed by atoms with van der Waals surface area (Å²) in [7, 11) is 1.61. The van der Waals surface area contributed by atoms with Crippen molar-refractivity contribution in [1.82, 2.24) is 29.9 Å². The largest absolute Gasteiger partial charge is 0.361 e. The molecule has 1 aromatic carbocycles. The first kappa shape index (κ1) is 20.6. The minimum atomic E-state index is -0.581. The van der Waals surface area contributed by atoms with Crippen molar-refractivity contribution in [3.63, 3.8) is 0 Å². The number of carbonyl (C=O) groups is 1. The van der Waals surface area contributed by atoms with Crippen LogP contribution in [0.2, 0.25) is 0 Å². The van der Waals surface area contributed by atoms with E-state index >= 15 is 0 Å². The lowest BCUT2D eigenvalue weighted by Gasteiger charge is -2.19. The van der Waals surface area contributed by atoms with Crippen LogP contribution in [0.4, 0.5) is 10.2 Å². The Hall–Kier alpha value is -4.27. The second-order valence-electron chi connectivity index (χ2n) is 7.86. The maximum atomic E-state index is 13.8. The fourth-order valence-electron chi connectivity index (χ4n) is 3.96. The summed E-state index contributed by atoms with van der Waals surface area (Å²) in [5, 5.41) is 11.6. The highest BCUT2D eigenvalue weighted by molar-refractivity contribution is 5.88. The van der Waals surface area contributed by atoms with Gasteiger partial charge >= 0.3 is 0 Å². The Kier molecular flexibility index (Phi) is 5.21. The number of para-hydroxylation sites is 1. The average Bonchev–Trinajstić information content (AvgIpc) is 3.42. The zero-order valence-electron chi connectivity index (χ0n) is 18.1. The van der Waals surface area contributed by atoms with E-state index in [-0.39, 0.29) is 5.91 Å². The van der Waals surface area contributed by atoms with E-state index in [0.29, 0.717) is 29.1 Å². The smallest absolute Gasteiger partial charge is 0.242 e. The molecule has 8 nitrogen and oxygen atoms in total. The quantitative estimate of drug-likeness (QED) is 0.373. The van der Waals surface area contributed by atoms with Crippen LogP contribution in [0.15, 0.2) is 61.2 Å². The maximum absolute atomic E-state index is 13.8. The number of amides is 1. The molecule has 0 aliphatic carbocycles. The third-order valence-electron chi connectivity index (χ3n) is 5.63. The van der Waals surface area contributed by atoms with Gasteiger partial charge in [0.15, 0.2) is 5.65 Å². The van der Waals surface area contributed by atoms with E-state index in [9.17, 15) is 9.18 Å². The van der Waals surface area contributed by atoms with Gasteiger partial charge in [-0.15, -0.1) is 0 Å². The zero-order valence-corrected chi connectivity index (χ0v) is 18.1. The predicted molar refractivity (Wildman–Crippen MR) is 124 cm³/mol. The van der Waals surface area contributed by atoms with E-state index < -0.39 is 11.9 Å². The van der Waals surface area contributed by atoms with Gasteiger partial charge in [-0.05, 0) is 24.6 Å². The summed E-state index contributed by atoms with van der Waals surface area (Å²) in [5.41, 5.74) is 4.57. The molecule has 4 aromatic heterocycles. The van der Waals surface area contributed by atoms with Crippen molar-refractivity contribution >= 4 is 28.3 Å². The fraction of sp³-hybridized carbons (Fsp3) is 0.167. The number of hydrogen-bond acceptors (Lipinski definition) is 5. The highest BCUT2D eigenvalue weighted by Gasteiger charge is 2.22. The van der Waals surface area contributed by atoms with Gasteiger partial charge in [0.05, 0.1) is 18.1 Å². The van der Waals surface area contributed by atoms with Gasteiger partial charge in [0.2, 0.25) is 5.91 Å². The molecular weight excluding hydrogens is 421 g/mol. The monoisotopic (exact) mass is 443 g/mol. The number of anilines is 1. The Morgan fingerprint density at radius 2 is 2.06 bits per heavy atom. The molecule has 0 radical (unpaired) electrons. The van der Waals surface area contributed by atoms with Crippen molar-refractivity contribution in [3.05, 3.63) is 78.1 Å². The van der Waals surface area contributed by atoms with Gasteiger partial charge in [-0.1, -0.05) is 18.2 Å². The number of rotatable bonds is 6. The van der Waals surface area contributed by atoms with Crippen molar-refractivity contribution in [2.24, 2.45) is 0 Å². The molecule has 33 heavy (non-hydrogen) atoms. The minimum absolute atomic E-state index is 0.164. The first-order chi connectivity index (χ1) is 16.0. The molecule has 4 heterocycles. The van der Waals surface area contributed by atoms with Crippen LogP contribution < -0.4 is 10.6 Å². The summed E-state index contributed by atoms with van der Waals surface area (Å²) >= 11 is 0. The molecule has 0 aliphatic heterocycles. The summed E-state index contributed by atoms with van der Waals surface area (Å²) in [6, 6.07) is 10.5. The lowest BCUT2D eigenvalue weighted by molar-refractivity contribution is -0.121. The number of aromatic nitrogens is 5. The van der Waals surface area contributed by atoms with E-state index in [1.54, 1.807) is 30.0 Å². The molecule has 9 heteroatoms. The summed E-state index contributed by atoms with van der Waals surface area (Å²) in [4.78, 5) is 24.7.